The van der Waals surface area contributed by atoms with Crippen LogP contribution in [-0.4, -0.2) is 9.38 Å². The zero-order valence-corrected chi connectivity index (χ0v) is 11.9. The quantitative estimate of drug-likeness (QED) is 0.482. The summed E-state index contributed by atoms with van der Waals surface area (Å²) in [4.78, 5) is 4.78. The summed E-state index contributed by atoms with van der Waals surface area (Å²) in [7, 11) is 0. The van der Waals surface area contributed by atoms with E-state index in [0.29, 0.717) is 5.56 Å². The van der Waals surface area contributed by atoms with Crippen molar-refractivity contribution in [3.8, 4) is 6.07 Å². The van der Waals surface area contributed by atoms with Gasteiger partial charge in [-0.2, -0.15) is 5.26 Å². The van der Waals surface area contributed by atoms with E-state index in [1.54, 1.807) is 0 Å². The summed E-state index contributed by atoms with van der Waals surface area (Å²) >= 11 is 0. The number of nitriles is 1. The summed E-state index contributed by atoms with van der Waals surface area (Å²) in [6.45, 7) is 4.21. The lowest BCUT2D eigenvalue weighted by atomic mass is 10.0. The SMILES string of the molecule is Cc1c(C)n2c3ccccc3nc2c2ccc(C#N)cc12. The molecule has 0 N–H and O–H groups in total. The normalized spacial score (nSPS) is 11.3. The molecule has 0 atom stereocenters. The molecule has 0 unspecified atom stereocenters. The predicted molar refractivity (Wildman–Crippen MR) is 84.4 cm³/mol. The molecule has 0 aliphatic rings. The first-order chi connectivity index (χ1) is 10.2. The van der Waals surface area contributed by atoms with Crippen molar-refractivity contribution in [1.82, 2.24) is 9.38 Å². The van der Waals surface area contributed by atoms with Crippen molar-refractivity contribution in [3.63, 3.8) is 0 Å². The Morgan fingerprint density at radius 2 is 1.86 bits per heavy atom. The third-order valence-corrected chi connectivity index (χ3v) is 4.23. The van der Waals surface area contributed by atoms with Crippen molar-refractivity contribution in [3.05, 3.63) is 59.3 Å². The van der Waals surface area contributed by atoms with Gasteiger partial charge in [0, 0.05) is 11.1 Å². The highest BCUT2D eigenvalue weighted by Gasteiger charge is 2.13. The van der Waals surface area contributed by atoms with Crippen LogP contribution in [0.25, 0.3) is 27.5 Å². The fraction of sp³-hybridized carbons (Fsp3) is 0.111. The molecule has 0 amide bonds. The largest absolute Gasteiger partial charge is 0.296 e. The Bertz CT molecular complexity index is 1060. The molecule has 0 spiro atoms. The van der Waals surface area contributed by atoms with Crippen LogP contribution in [0.3, 0.4) is 0 Å². The van der Waals surface area contributed by atoms with Gasteiger partial charge in [0.2, 0.25) is 0 Å². The van der Waals surface area contributed by atoms with E-state index in [0.717, 1.165) is 27.5 Å². The molecule has 2 aromatic heterocycles. The number of aryl methyl sites for hydroxylation is 2. The first-order valence-electron chi connectivity index (χ1n) is 6.91. The molecule has 2 heterocycles. The topological polar surface area (TPSA) is 41.1 Å². The summed E-state index contributed by atoms with van der Waals surface area (Å²) in [5.74, 6) is 0. The summed E-state index contributed by atoms with van der Waals surface area (Å²) < 4.78 is 2.21. The van der Waals surface area contributed by atoms with E-state index in [4.69, 9.17) is 10.2 Å². The van der Waals surface area contributed by atoms with Crippen LogP contribution < -0.4 is 0 Å². The maximum absolute atomic E-state index is 9.11. The van der Waals surface area contributed by atoms with Crippen molar-refractivity contribution >= 4 is 27.5 Å². The molecule has 100 valence electrons. The highest BCUT2D eigenvalue weighted by molar-refractivity contribution is 6.01. The number of benzene rings is 2. The third-order valence-electron chi connectivity index (χ3n) is 4.23. The molecule has 0 fully saturated rings. The summed E-state index contributed by atoms with van der Waals surface area (Å²) in [5, 5.41) is 11.3. The molecule has 0 radical (unpaired) electrons. The molecule has 0 bridgehead atoms. The second-order valence-corrected chi connectivity index (χ2v) is 5.34. The van der Waals surface area contributed by atoms with Crippen LogP contribution in [0.1, 0.15) is 16.8 Å². The molecule has 0 aliphatic carbocycles. The van der Waals surface area contributed by atoms with Crippen LogP contribution in [0, 0.1) is 25.2 Å². The van der Waals surface area contributed by atoms with E-state index in [-0.39, 0.29) is 0 Å². The second-order valence-electron chi connectivity index (χ2n) is 5.34. The number of rotatable bonds is 0. The van der Waals surface area contributed by atoms with Gasteiger partial charge in [-0.3, -0.25) is 4.40 Å². The molecule has 0 saturated carbocycles. The minimum Gasteiger partial charge on any atom is -0.296 e. The van der Waals surface area contributed by atoms with Crippen LogP contribution in [0.4, 0.5) is 0 Å². The summed E-state index contributed by atoms with van der Waals surface area (Å²) in [6, 6.07) is 16.2. The van der Waals surface area contributed by atoms with Crippen LogP contribution >= 0.6 is 0 Å². The maximum Gasteiger partial charge on any atom is 0.146 e. The number of hydrogen-bond donors (Lipinski definition) is 0. The van der Waals surface area contributed by atoms with E-state index < -0.39 is 0 Å². The van der Waals surface area contributed by atoms with Gasteiger partial charge in [-0.25, -0.2) is 4.98 Å². The lowest BCUT2D eigenvalue weighted by molar-refractivity contribution is 1.11. The van der Waals surface area contributed by atoms with Crippen molar-refractivity contribution in [2.45, 2.75) is 13.8 Å². The van der Waals surface area contributed by atoms with Crippen molar-refractivity contribution < 1.29 is 0 Å². The van der Waals surface area contributed by atoms with Crippen LogP contribution in [0.15, 0.2) is 42.5 Å². The number of imidazole rings is 1. The average molecular weight is 271 g/mol. The number of pyridine rings is 1. The number of para-hydroxylation sites is 2. The van der Waals surface area contributed by atoms with Gasteiger partial charge in [0.05, 0.1) is 22.7 Å². The smallest absolute Gasteiger partial charge is 0.146 e. The van der Waals surface area contributed by atoms with Gasteiger partial charge < -0.3 is 0 Å². The number of fused-ring (bicyclic) bond motifs is 5. The Hall–Kier alpha value is -2.86. The fourth-order valence-corrected chi connectivity index (χ4v) is 3.03. The Labute approximate surface area is 122 Å². The first kappa shape index (κ1) is 11.9. The Morgan fingerprint density at radius 3 is 2.67 bits per heavy atom. The van der Waals surface area contributed by atoms with Crippen molar-refractivity contribution in [1.29, 1.82) is 5.26 Å². The second kappa shape index (κ2) is 4.07. The van der Waals surface area contributed by atoms with Crippen molar-refractivity contribution in [2.24, 2.45) is 0 Å². The van der Waals surface area contributed by atoms with Gasteiger partial charge in [-0.05, 0) is 55.1 Å². The summed E-state index contributed by atoms with van der Waals surface area (Å²) in [5.41, 5.74) is 6.12. The lowest BCUT2D eigenvalue weighted by Crippen LogP contribution is -1.97. The minimum atomic E-state index is 0.686. The van der Waals surface area contributed by atoms with E-state index in [9.17, 15) is 0 Å². The molecular weight excluding hydrogens is 258 g/mol. The molecular formula is C18H13N3. The zero-order valence-electron chi connectivity index (χ0n) is 11.9. The number of nitrogens with zero attached hydrogens (tertiary/aromatic N) is 3. The predicted octanol–water partition coefficient (Wildman–Crippen LogP) is 4.13. The molecule has 4 rings (SSSR count). The molecule has 0 saturated heterocycles. The van der Waals surface area contributed by atoms with Gasteiger partial charge in [0.15, 0.2) is 0 Å². The molecule has 3 nitrogen and oxygen atoms in total. The van der Waals surface area contributed by atoms with Gasteiger partial charge >= 0.3 is 0 Å². The average Bonchev–Trinajstić information content (AvgIpc) is 2.91. The Balaban J connectivity index is 2.33. The number of aromatic nitrogens is 2. The third kappa shape index (κ3) is 1.50. The Kier molecular flexibility index (Phi) is 2.31. The lowest BCUT2D eigenvalue weighted by Gasteiger charge is -2.10. The molecule has 2 aromatic carbocycles. The van der Waals surface area contributed by atoms with E-state index in [2.05, 4.69) is 30.4 Å². The van der Waals surface area contributed by atoms with E-state index in [1.807, 2.05) is 36.4 Å². The maximum atomic E-state index is 9.11. The Morgan fingerprint density at radius 1 is 1.05 bits per heavy atom. The molecule has 21 heavy (non-hydrogen) atoms. The van der Waals surface area contributed by atoms with E-state index in [1.165, 1.54) is 11.3 Å². The molecule has 3 heteroatoms. The highest BCUT2D eigenvalue weighted by atomic mass is 15.0. The van der Waals surface area contributed by atoms with Crippen molar-refractivity contribution in [2.75, 3.05) is 0 Å². The minimum absolute atomic E-state index is 0.686. The summed E-state index contributed by atoms with van der Waals surface area (Å²) in [6.07, 6.45) is 0. The van der Waals surface area contributed by atoms with Crippen LogP contribution in [-0.2, 0) is 0 Å². The van der Waals surface area contributed by atoms with E-state index >= 15 is 0 Å². The van der Waals surface area contributed by atoms with Crippen LogP contribution in [0.2, 0.25) is 0 Å². The van der Waals surface area contributed by atoms with Gasteiger partial charge in [0.25, 0.3) is 0 Å². The number of hydrogen-bond acceptors (Lipinski definition) is 2. The van der Waals surface area contributed by atoms with Crippen LogP contribution in [0.5, 0.6) is 0 Å². The fourth-order valence-electron chi connectivity index (χ4n) is 3.03. The standard InChI is InChI=1S/C18H13N3/c1-11-12(2)21-17-6-4-3-5-16(17)20-18(21)14-8-7-13(10-19)9-15(11)14/h3-9H,1-2H3. The first-order valence-corrected chi connectivity index (χ1v) is 6.91. The monoisotopic (exact) mass is 271 g/mol. The van der Waals surface area contributed by atoms with Gasteiger partial charge in [-0.15, -0.1) is 0 Å². The zero-order chi connectivity index (χ0) is 14.6. The molecule has 0 aliphatic heterocycles. The highest BCUT2D eigenvalue weighted by Crippen LogP contribution is 2.30. The molecule has 4 aromatic rings. The van der Waals surface area contributed by atoms with Gasteiger partial charge in [0.1, 0.15) is 5.65 Å². The van der Waals surface area contributed by atoms with Gasteiger partial charge in [-0.1, -0.05) is 12.1 Å².